The average molecular weight is 1000 g/mol. The van der Waals surface area contributed by atoms with Gasteiger partial charge in [-0.3, -0.25) is 4.57 Å². The molecule has 0 atom stereocenters. The number of hydrogen-bond acceptors (Lipinski definition) is 4. The standard InChI is InChI=1S/C72H66N4O/c1-70(2,3)53-35-30-48(31-36-53)52-34-41-64-61(42-52)60-40-39-57(44-67(60)76(64)68-45-63(72(7,8)9)62(46-73-68)51-32-37-54(38-33-51)71(4,5)6)77-56-25-18-24-55(43-56)74-47-75(66-29-17-16-28-65(66)74)69-58(49-20-12-10-13-21-49)26-19-27-59(69)50-22-14-11-15-23-50/h10-46H,47H2,1-9H3. The molecule has 9 aromatic carbocycles. The lowest BCUT2D eigenvalue weighted by Crippen LogP contribution is -2.24. The van der Waals surface area contributed by atoms with Crippen LogP contribution in [-0.4, -0.2) is 16.2 Å². The second-order valence-electron chi connectivity index (χ2n) is 23.8. The molecule has 0 saturated heterocycles. The highest BCUT2D eigenvalue weighted by Gasteiger charge is 2.32. The first-order valence-corrected chi connectivity index (χ1v) is 27.0. The molecule has 0 saturated carbocycles. The van der Waals surface area contributed by atoms with Crippen LogP contribution in [0.25, 0.3) is 72.1 Å². The highest BCUT2D eigenvalue weighted by Crippen LogP contribution is 2.51. The van der Waals surface area contributed by atoms with E-state index in [1.54, 1.807) is 0 Å². The van der Waals surface area contributed by atoms with Crippen molar-refractivity contribution in [1.82, 2.24) is 9.55 Å². The fourth-order valence-corrected chi connectivity index (χ4v) is 11.2. The topological polar surface area (TPSA) is 33.5 Å². The Bertz CT molecular complexity index is 3910. The Balaban J connectivity index is 0.944. The van der Waals surface area contributed by atoms with Crippen LogP contribution in [0.1, 0.15) is 79.0 Å². The van der Waals surface area contributed by atoms with Crippen molar-refractivity contribution in [3.05, 3.63) is 241 Å². The molecular weight excluding hydrogens is 937 g/mol. The van der Waals surface area contributed by atoms with E-state index in [1.165, 1.54) is 61.3 Å². The van der Waals surface area contributed by atoms with Gasteiger partial charge in [-0.1, -0.05) is 214 Å². The zero-order valence-electron chi connectivity index (χ0n) is 45.8. The van der Waals surface area contributed by atoms with Crippen LogP contribution in [0.5, 0.6) is 11.5 Å². The Morgan fingerprint density at radius 3 is 1.55 bits per heavy atom. The van der Waals surface area contributed by atoms with Crippen LogP contribution in [0.4, 0.5) is 22.7 Å². The van der Waals surface area contributed by atoms with Gasteiger partial charge in [-0.2, -0.15) is 0 Å². The molecule has 0 spiro atoms. The van der Waals surface area contributed by atoms with E-state index in [1.807, 2.05) is 0 Å². The highest BCUT2D eigenvalue weighted by atomic mass is 16.5. The Morgan fingerprint density at radius 2 is 0.935 bits per heavy atom. The van der Waals surface area contributed by atoms with Gasteiger partial charge in [0.2, 0.25) is 0 Å². The number of benzene rings is 9. The van der Waals surface area contributed by atoms with E-state index in [4.69, 9.17) is 9.72 Å². The maximum absolute atomic E-state index is 6.97. The maximum atomic E-state index is 6.97. The quantitative estimate of drug-likeness (QED) is 0.144. The number of pyridine rings is 1. The van der Waals surface area contributed by atoms with Gasteiger partial charge in [-0.05, 0) is 115 Å². The molecule has 2 aromatic heterocycles. The fourth-order valence-electron chi connectivity index (χ4n) is 11.2. The van der Waals surface area contributed by atoms with Crippen LogP contribution in [0.3, 0.4) is 0 Å². The second kappa shape index (κ2) is 19.2. The van der Waals surface area contributed by atoms with Crippen molar-refractivity contribution >= 4 is 44.6 Å². The summed E-state index contributed by atoms with van der Waals surface area (Å²) in [6.07, 6.45) is 2.08. The number of fused-ring (bicyclic) bond motifs is 4. The molecule has 12 rings (SSSR count). The molecule has 1 aliphatic heterocycles. The van der Waals surface area contributed by atoms with Crippen LogP contribution in [0, 0.1) is 0 Å². The fraction of sp³-hybridized carbons (Fsp3) is 0.181. The van der Waals surface area contributed by atoms with Gasteiger partial charge in [0, 0.05) is 51.5 Å². The maximum Gasteiger partial charge on any atom is 0.137 e. The summed E-state index contributed by atoms with van der Waals surface area (Å²) in [6.45, 7) is 21.1. The number of rotatable bonds is 9. The Hall–Kier alpha value is -8.67. The van der Waals surface area contributed by atoms with E-state index in [0.29, 0.717) is 6.67 Å². The van der Waals surface area contributed by atoms with Crippen molar-refractivity contribution in [3.8, 4) is 61.8 Å². The van der Waals surface area contributed by atoms with Gasteiger partial charge in [-0.25, -0.2) is 4.98 Å². The number of hydrogen-bond donors (Lipinski definition) is 0. The van der Waals surface area contributed by atoms with Crippen LogP contribution in [0.15, 0.2) is 225 Å². The molecule has 0 amide bonds. The van der Waals surface area contributed by atoms with Crippen LogP contribution in [-0.2, 0) is 16.2 Å². The monoisotopic (exact) mass is 1000 g/mol. The largest absolute Gasteiger partial charge is 0.457 e. The summed E-state index contributed by atoms with van der Waals surface area (Å²) in [5, 5.41) is 2.29. The predicted molar refractivity (Wildman–Crippen MR) is 325 cm³/mol. The third-order valence-electron chi connectivity index (χ3n) is 15.4. The highest BCUT2D eigenvalue weighted by molar-refractivity contribution is 6.11. The molecule has 5 heteroatoms. The van der Waals surface area contributed by atoms with Crippen molar-refractivity contribution in [2.75, 3.05) is 16.5 Å². The first-order chi connectivity index (χ1) is 37.1. The summed E-state index contributed by atoms with van der Waals surface area (Å²) >= 11 is 0. The molecule has 0 N–H and O–H groups in total. The zero-order chi connectivity index (χ0) is 53.2. The number of para-hydroxylation sites is 3. The third kappa shape index (κ3) is 9.35. The predicted octanol–water partition coefficient (Wildman–Crippen LogP) is 19.8. The number of anilines is 4. The van der Waals surface area contributed by atoms with Crippen molar-refractivity contribution in [2.24, 2.45) is 0 Å². The van der Waals surface area contributed by atoms with Crippen LogP contribution < -0.4 is 14.5 Å². The van der Waals surface area contributed by atoms with E-state index in [-0.39, 0.29) is 16.2 Å². The van der Waals surface area contributed by atoms with Gasteiger partial charge in [0.15, 0.2) is 0 Å². The number of nitrogens with zero attached hydrogens (tertiary/aromatic N) is 4. The Kier molecular flexibility index (Phi) is 12.3. The SMILES string of the molecule is CC(C)(C)c1ccc(-c2ccc3c(c2)c2ccc(Oc4cccc(N5CN(c6c(-c7ccccc7)cccc6-c6ccccc6)c6ccccc65)c4)cc2n3-c2cc(C(C)(C)C)c(-c3ccc(C(C)(C)C)cc3)cn2)cc1. The lowest BCUT2D eigenvalue weighted by Gasteiger charge is -2.27. The summed E-state index contributed by atoms with van der Waals surface area (Å²) in [7, 11) is 0. The molecule has 1 aliphatic rings. The van der Waals surface area contributed by atoms with Crippen molar-refractivity contribution < 1.29 is 4.74 Å². The average Bonchev–Trinajstić information content (AvgIpc) is 4.08. The lowest BCUT2D eigenvalue weighted by molar-refractivity contribution is 0.483. The summed E-state index contributed by atoms with van der Waals surface area (Å²) in [4.78, 5) is 10.2. The first-order valence-electron chi connectivity index (χ1n) is 27.0. The van der Waals surface area contributed by atoms with E-state index in [2.05, 4.69) is 301 Å². The second-order valence-corrected chi connectivity index (χ2v) is 23.8. The minimum atomic E-state index is -0.164. The van der Waals surface area contributed by atoms with Gasteiger partial charge in [-0.15, -0.1) is 0 Å². The molecule has 77 heavy (non-hydrogen) atoms. The minimum Gasteiger partial charge on any atom is -0.457 e. The normalized spacial score (nSPS) is 12.9. The molecule has 0 radical (unpaired) electrons. The Labute approximate surface area is 454 Å². The van der Waals surface area contributed by atoms with Gasteiger partial charge >= 0.3 is 0 Å². The van der Waals surface area contributed by atoms with Gasteiger partial charge in [0.1, 0.15) is 24.0 Å². The van der Waals surface area contributed by atoms with Gasteiger partial charge < -0.3 is 14.5 Å². The van der Waals surface area contributed by atoms with E-state index >= 15 is 0 Å². The molecule has 0 unspecified atom stereocenters. The number of aromatic nitrogens is 2. The van der Waals surface area contributed by atoms with Crippen molar-refractivity contribution in [1.29, 1.82) is 0 Å². The molecule has 0 aliphatic carbocycles. The number of ether oxygens (including phenoxy) is 1. The molecule has 5 nitrogen and oxygen atoms in total. The molecule has 0 bridgehead atoms. The smallest absolute Gasteiger partial charge is 0.137 e. The van der Waals surface area contributed by atoms with Crippen molar-refractivity contribution in [3.63, 3.8) is 0 Å². The summed E-state index contributed by atoms with van der Waals surface area (Å²) in [5.41, 5.74) is 19.9. The van der Waals surface area contributed by atoms with E-state index in [9.17, 15) is 0 Å². The van der Waals surface area contributed by atoms with Crippen LogP contribution in [0.2, 0.25) is 0 Å². The molecule has 0 fully saturated rings. The molecular formula is C72H66N4O. The lowest BCUT2D eigenvalue weighted by atomic mass is 9.81. The molecule has 380 valence electrons. The van der Waals surface area contributed by atoms with E-state index < -0.39 is 0 Å². The van der Waals surface area contributed by atoms with Gasteiger partial charge in [0.05, 0.1) is 28.1 Å². The summed E-state index contributed by atoms with van der Waals surface area (Å²) in [6, 6.07) is 79.2. The minimum absolute atomic E-state index is 0.0667. The summed E-state index contributed by atoms with van der Waals surface area (Å²) in [5.74, 6) is 2.37. The Morgan fingerprint density at radius 1 is 0.390 bits per heavy atom. The molecule has 11 aromatic rings. The van der Waals surface area contributed by atoms with E-state index in [0.717, 1.165) is 61.7 Å². The van der Waals surface area contributed by atoms with Gasteiger partial charge in [0.25, 0.3) is 0 Å². The first kappa shape index (κ1) is 49.2. The van der Waals surface area contributed by atoms with Crippen LogP contribution >= 0.6 is 0 Å². The zero-order valence-corrected chi connectivity index (χ0v) is 45.8. The third-order valence-corrected chi connectivity index (χ3v) is 15.4. The van der Waals surface area contributed by atoms with Crippen molar-refractivity contribution in [2.45, 2.75) is 78.6 Å². The molecule has 3 heterocycles. The summed E-state index contributed by atoms with van der Waals surface area (Å²) < 4.78 is 9.30.